The molecule has 0 fully saturated rings. The van der Waals surface area contributed by atoms with E-state index in [1.165, 1.54) is 4.90 Å². The van der Waals surface area contributed by atoms with Crippen LogP contribution in [0.1, 0.15) is 20.7 Å². The second-order valence-electron chi connectivity index (χ2n) is 5.01. The molecule has 0 radical (unpaired) electrons. The fourth-order valence-corrected chi connectivity index (χ4v) is 2.70. The first kappa shape index (κ1) is 16.4. The van der Waals surface area contributed by atoms with Crippen LogP contribution in [0.2, 0.25) is 0 Å². The Morgan fingerprint density at radius 2 is 1.55 bits per heavy atom. The first-order chi connectivity index (χ1) is 10.2. The lowest BCUT2D eigenvalue weighted by Crippen LogP contribution is -2.44. The second kappa shape index (κ2) is 6.87. The van der Waals surface area contributed by atoms with Crippen molar-refractivity contribution in [3.8, 4) is 0 Å². The minimum Gasteiger partial charge on any atom is -0.329 e. The van der Waals surface area contributed by atoms with Gasteiger partial charge in [-0.15, -0.1) is 12.4 Å². The topological polar surface area (TPSA) is 75.4 Å². The minimum absolute atomic E-state index is 0. The molecular weight excluding hydrogens is 302 g/mol. The van der Waals surface area contributed by atoms with Gasteiger partial charge in [0.1, 0.15) is 0 Å². The highest BCUT2D eigenvalue weighted by Crippen LogP contribution is 2.29. The van der Waals surface area contributed by atoms with Crippen LogP contribution in [-0.2, 0) is 0 Å². The lowest BCUT2D eigenvalue weighted by atomic mass is 9.94. The van der Waals surface area contributed by atoms with Gasteiger partial charge in [-0.25, -0.2) is 0 Å². The van der Waals surface area contributed by atoms with Gasteiger partial charge in [0.15, 0.2) is 0 Å². The zero-order valence-electron chi connectivity index (χ0n) is 12.0. The maximum Gasteiger partial charge on any atom is 0.261 e. The van der Waals surface area contributed by atoms with E-state index in [-0.39, 0.29) is 24.2 Å². The highest BCUT2D eigenvalue weighted by Gasteiger charge is 2.31. The van der Waals surface area contributed by atoms with Gasteiger partial charge in [-0.05, 0) is 17.5 Å². The maximum absolute atomic E-state index is 12.5. The summed E-state index contributed by atoms with van der Waals surface area (Å²) in [5.41, 5.74) is 6.60. The van der Waals surface area contributed by atoms with E-state index in [0.29, 0.717) is 37.3 Å². The molecule has 0 spiro atoms. The predicted octanol–water partition coefficient (Wildman–Crippen LogP) is 1.41. The Morgan fingerprint density at radius 3 is 2.09 bits per heavy atom. The normalized spacial score (nSPS) is 13.4. The minimum atomic E-state index is -0.223. The van der Waals surface area contributed by atoms with E-state index in [4.69, 9.17) is 5.73 Å². The summed E-state index contributed by atoms with van der Waals surface area (Å²) in [6, 6.07) is 11.1. The summed E-state index contributed by atoms with van der Waals surface area (Å²) in [4.78, 5) is 26.4. The fraction of sp³-hybridized carbons (Fsp3) is 0.250. The molecule has 22 heavy (non-hydrogen) atoms. The molecule has 0 aromatic heterocycles. The van der Waals surface area contributed by atoms with E-state index in [0.717, 1.165) is 10.8 Å². The Morgan fingerprint density at radius 1 is 0.955 bits per heavy atom. The molecule has 2 amide bonds. The molecule has 1 heterocycles. The molecule has 1 aliphatic heterocycles. The Bertz CT molecular complexity index is 667. The largest absolute Gasteiger partial charge is 0.329 e. The average Bonchev–Trinajstić information content (AvgIpc) is 2.51. The van der Waals surface area contributed by atoms with Crippen molar-refractivity contribution in [3.05, 3.63) is 47.5 Å². The smallest absolute Gasteiger partial charge is 0.261 e. The standard InChI is InChI=1S/C16H17N3O2.ClH/c17-7-8-18-9-10-19-15(20)12-5-1-3-11-4-2-6-13(14(11)12)16(19)21;/h1-6,18H,7-10,17H2;1H. The summed E-state index contributed by atoms with van der Waals surface area (Å²) in [6.07, 6.45) is 0. The average molecular weight is 320 g/mol. The van der Waals surface area contributed by atoms with Crippen molar-refractivity contribution in [3.63, 3.8) is 0 Å². The number of hydrogen-bond acceptors (Lipinski definition) is 4. The zero-order chi connectivity index (χ0) is 14.8. The van der Waals surface area contributed by atoms with Crippen LogP contribution in [-0.4, -0.2) is 42.9 Å². The number of imide groups is 1. The molecule has 1 aliphatic rings. The van der Waals surface area contributed by atoms with Crippen LogP contribution in [0.3, 0.4) is 0 Å². The number of benzene rings is 2. The number of carbonyl (C=O) groups is 2. The molecule has 0 atom stereocenters. The molecule has 0 unspecified atom stereocenters. The van der Waals surface area contributed by atoms with Gasteiger partial charge in [0.05, 0.1) is 0 Å². The first-order valence-corrected chi connectivity index (χ1v) is 7.03. The number of rotatable bonds is 5. The third-order valence-corrected chi connectivity index (χ3v) is 3.69. The number of halogens is 1. The van der Waals surface area contributed by atoms with Crippen molar-refractivity contribution >= 4 is 35.0 Å². The van der Waals surface area contributed by atoms with E-state index in [9.17, 15) is 9.59 Å². The van der Waals surface area contributed by atoms with Crippen LogP contribution < -0.4 is 11.1 Å². The van der Waals surface area contributed by atoms with Crippen LogP contribution in [0.25, 0.3) is 10.8 Å². The van der Waals surface area contributed by atoms with E-state index in [2.05, 4.69) is 5.32 Å². The van der Waals surface area contributed by atoms with Crippen LogP contribution in [0, 0.1) is 0 Å². The van der Waals surface area contributed by atoms with Crippen molar-refractivity contribution < 1.29 is 9.59 Å². The second-order valence-corrected chi connectivity index (χ2v) is 5.01. The third kappa shape index (κ3) is 2.70. The van der Waals surface area contributed by atoms with Crippen LogP contribution in [0.15, 0.2) is 36.4 Å². The number of nitrogens with zero attached hydrogens (tertiary/aromatic N) is 1. The van der Waals surface area contributed by atoms with Crippen molar-refractivity contribution in [1.29, 1.82) is 0 Å². The number of nitrogens with two attached hydrogens (primary N) is 1. The molecule has 0 aliphatic carbocycles. The van der Waals surface area contributed by atoms with Crippen LogP contribution in [0.5, 0.6) is 0 Å². The van der Waals surface area contributed by atoms with Gasteiger partial charge in [-0.1, -0.05) is 24.3 Å². The van der Waals surface area contributed by atoms with Crippen LogP contribution in [0.4, 0.5) is 0 Å². The van der Waals surface area contributed by atoms with Gasteiger partial charge in [0, 0.05) is 42.7 Å². The van der Waals surface area contributed by atoms with Crippen LogP contribution >= 0.6 is 12.4 Å². The Labute approximate surface area is 134 Å². The third-order valence-electron chi connectivity index (χ3n) is 3.69. The summed E-state index contributed by atoms with van der Waals surface area (Å²) in [5.74, 6) is -0.447. The van der Waals surface area contributed by atoms with Gasteiger partial charge in [0.25, 0.3) is 11.8 Å². The molecule has 0 saturated carbocycles. The molecule has 3 N–H and O–H groups in total. The van der Waals surface area contributed by atoms with E-state index < -0.39 is 0 Å². The van der Waals surface area contributed by atoms with Gasteiger partial charge in [-0.2, -0.15) is 0 Å². The molecule has 2 aromatic carbocycles. The van der Waals surface area contributed by atoms with Crippen molar-refractivity contribution in [2.24, 2.45) is 5.73 Å². The molecule has 3 rings (SSSR count). The molecule has 0 bridgehead atoms. The highest BCUT2D eigenvalue weighted by atomic mass is 35.5. The molecular formula is C16H18ClN3O2. The first-order valence-electron chi connectivity index (χ1n) is 7.03. The lowest BCUT2D eigenvalue weighted by Gasteiger charge is -2.27. The van der Waals surface area contributed by atoms with Gasteiger partial charge >= 0.3 is 0 Å². The number of hydrogen-bond donors (Lipinski definition) is 2. The molecule has 116 valence electrons. The summed E-state index contributed by atoms with van der Waals surface area (Å²) in [5, 5.41) is 4.79. The fourth-order valence-electron chi connectivity index (χ4n) is 2.70. The lowest BCUT2D eigenvalue weighted by molar-refractivity contribution is 0.0612. The monoisotopic (exact) mass is 319 g/mol. The number of nitrogens with one attached hydrogen (secondary N) is 1. The van der Waals surface area contributed by atoms with E-state index >= 15 is 0 Å². The van der Waals surface area contributed by atoms with Crippen molar-refractivity contribution in [2.45, 2.75) is 0 Å². The Hall–Kier alpha value is -1.95. The SMILES string of the molecule is Cl.NCCNCCN1C(=O)c2cccc3cccc(c23)C1=O. The summed E-state index contributed by atoms with van der Waals surface area (Å²) >= 11 is 0. The molecule has 6 heteroatoms. The summed E-state index contributed by atoms with van der Waals surface area (Å²) < 4.78 is 0. The summed E-state index contributed by atoms with van der Waals surface area (Å²) in [6.45, 7) is 2.10. The number of carbonyl (C=O) groups excluding carboxylic acids is 2. The van der Waals surface area contributed by atoms with Gasteiger partial charge in [-0.3, -0.25) is 14.5 Å². The van der Waals surface area contributed by atoms with E-state index in [1.54, 1.807) is 12.1 Å². The highest BCUT2D eigenvalue weighted by molar-refractivity contribution is 6.25. The summed E-state index contributed by atoms with van der Waals surface area (Å²) in [7, 11) is 0. The number of amides is 2. The van der Waals surface area contributed by atoms with Crippen molar-refractivity contribution in [1.82, 2.24) is 10.2 Å². The van der Waals surface area contributed by atoms with E-state index in [1.807, 2.05) is 24.3 Å². The maximum atomic E-state index is 12.5. The van der Waals surface area contributed by atoms with Gasteiger partial charge in [0.2, 0.25) is 0 Å². The van der Waals surface area contributed by atoms with Crippen molar-refractivity contribution in [2.75, 3.05) is 26.2 Å². The van der Waals surface area contributed by atoms with Gasteiger partial charge < -0.3 is 11.1 Å². The molecule has 0 saturated heterocycles. The zero-order valence-corrected chi connectivity index (χ0v) is 12.9. The quantitative estimate of drug-likeness (QED) is 0.645. The predicted molar refractivity (Wildman–Crippen MR) is 88.5 cm³/mol. The molecule has 2 aromatic rings. The Balaban J connectivity index is 0.00000176. The molecule has 5 nitrogen and oxygen atoms in total. The Kier molecular flexibility index (Phi) is 5.13.